The van der Waals surface area contributed by atoms with Crippen LogP contribution in [0, 0.1) is 13.8 Å². The van der Waals surface area contributed by atoms with Crippen molar-refractivity contribution in [3.63, 3.8) is 0 Å². The minimum Gasteiger partial charge on any atom is -0.356 e. The SMILES string of the molecule is Cc1cc2onc(C)c2cc1NS(=O)(=O)c1cccs1. The van der Waals surface area contributed by atoms with Crippen molar-refractivity contribution in [1.82, 2.24) is 5.16 Å². The number of nitrogens with zero attached hydrogens (tertiary/aromatic N) is 1. The van der Waals surface area contributed by atoms with Crippen LogP contribution in [0.25, 0.3) is 11.0 Å². The number of aryl methyl sites for hydroxylation is 2. The van der Waals surface area contributed by atoms with Gasteiger partial charge in [-0.25, -0.2) is 8.42 Å². The minimum absolute atomic E-state index is 0.291. The smallest absolute Gasteiger partial charge is 0.271 e. The van der Waals surface area contributed by atoms with Crippen molar-refractivity contribution >= 4 is 38.0 Å². The van der Waals surface area contributed by atoms with Crippen LogP contribution in [-0.2, 0) is 10.0 Å². The van der Waals surface area contributed by atoms with E-state index >= 15 is 0 Å². The first-order valence-corrected chi connectivity index (χ1v) is 8.26. The van der Waals surface area contributed by atoms with E-state index in [0.29, 0.717) is 15.5 Å². The first kappa shape index (κ1) is 13.1. The predicted molar refractivity (Wildman–Crippen MR) is 78.6 cm³/mol. The molecular formula is C13H12N2O3S2. The number of nitrogens with one attached hydrogen (secondary N) is 1. The van der Waals surface area contributed by atoms with E-state index in [9.17, 15) is 8.42 Å². The maximum absolute atomic E-state index is 12.2. The highest BCUT2D eigenvalue weighted by atomic mass is 32.2. The summed E-state index contributed by atoms with van der Waals surface area (Å²) in [5.41, 5.74) is 2.71. The third-order valence-corrected chi connectivity index (χ3v) is 5.76. The lowest BCUT2D eigenvalue weighted by Crippen LogP contribution is -2.12. The summed E-state index contributed by atoms with van der Waals surface area (Å²) in [7, 11) is -3.54. The zero-order valence-corrected chi connectivity index (χ0v) is 12.5. The Kier molecular flexibility index (Phi) is 3.02. The van der Waals surface area contributed by atoms with Crippen LogP contribution in [0.15, 0.2) is 38.4 Å². The molecule has 0 spiro atoms. The summed E-state index contributed by atoms with van der Waals surface area (Å²) in [4.78, 5) is 0. The second kappa shape index (κ2) is 4.60. The lowest BCUT2D eigenvalue weighted by Gasteiger charge is -2.09. The van der Waals surface area contributed by atoms with E-state index in [1.54, 1.807) is 29.6 Å². The third kappa shape index (κ3) is 2.19. The molecule has 104 valence electrons. The standard InChI is InChI=1S/C13H12N2O3S2/c1-8-6-12-10(9(2)14-18-12)7-11(8)15-20(16,17)13-4-3-5-19-13/h3-7,15H,1-2H3. The van der Waals surface area contributed by atoms with E-state index in [1.807, 2.05) is 13.8 Å². The summed E-state index contributed by atoms with van der Waals surface area (Å²) in [6.45, 7) is 3.64. The van der Waals surface area contributed by atoms with Gasteiger partial charge in [0.1, 0.15) is 4.21 Å². The van der Waals surface area contributed by atoms with E-state index in [0.717, 1.165) is 16.6 Å². The second-order valence-electron chi connectivity index (χ2n) is 4.47. The molecule has 2 aromatic heterocycles. The van der Waals surface area contributed by atoms with Gasteiger partial charge in [0, 0.05) is 5.39 Å². The lowest BCUT2D eigenvalue weighted by molar-refractivity contribution is 0.450. The van der Waals surface area contributed by atoms with Crippen LogP contribution in [0.3, 0.4) is 0 Å². The van der Waals surface area contributed by atoms with Gasteiger partial charge in [0.25, 0.3) is 10.0 Å². The maximum atomic E-state index is 12.2. The van der Waals surface area contributed by atoms with E-state index < -0.39 is 10.0 Å². The van der Waals surface area contributed by atoms with Crippen molar-refractivity contribution in [2.45, 2.75) is 18.1 Å². The maximum Gasteiger partial charge on any atom is 0.271 e. The van der Waals surface area contributed by atoms with Gasteiger partial charge in [0.2, 0.25) is 0 Å². The summed E-state index contributed by atoms with van der Waals surface area (Å²) >= 11 is 1.18. The molecular weight excluding hydrogens is 296 g/mol. The number of hydrogen-bond donors (Lipinski definition) is 1. The number of fused-ring (bicyclic) bond motifs is 1. The van der Waals surface area contributed by atoms with Gasteiger partial charge in [-0.3, -0.25) is 4.72 Å². The van der Waals surface area contributed by atoms with Crippen LogP contribution in [0.2, 0.25) is 0 Å². The van der Waals surface area contributed by atoms with Crippen molar-refractivity contribution in [2.24, 2.45) is 0 Å². The summed E-state index contributed by atoms with van der Waals surface area (Å²) in [6.07, 6.45) is 0. The number of thiophene rings is 1. The molecule has 3 rings (SSSR count). The van der Waals surface area contributed by atoms with Gasteiger partial charge in [0.15, 0.2) is 5.58 Å². The molecule has 5 nitrogen and oxygen atoms in total. The summed E-state index contributed by atoms with van der Waals surface area (Å²) in [5.74, 6) is 0. The van der Waals surface area contributed by atoms with Gasteiger partial charge < -0.3 is 4.52 Å². The predicted octanol–water partition coefficient (Wildman–Crippen LogP) is 3.31. The highest BCUT2D eigenvalue weighted by Crippen LogP contribution is 2.28. The quantitative estimate of drug-likeness (QED) is 0.805. The fourth-order valence-electron chi connectivity index (χ4n) is 1.93. The van der Waals surface area contributed by atoms with Crippen LogP contribution < -0.4 is 4.72 Å². The molecule has 0 radical (unpaired) electrons. The highest BCUT2D eigenvalue weighted by molar-refractivity contribution is 7.94. The molecule has 0 unspecified atom stereocenters. The fourth-order valence-corrected chi connectivity index (χ4v) is 4.04. The van der Waals surface area contributed by atoms with Crippen molar-refractivity contribution in [3.8, 4) is 0 Å². The Hall–Kier alpha value is -1.86. The molecule has 1 N–H and O–H groups in total. The Morgan fingerprint density at radius 3 is 2.80 bits per heavy atom. The van der Waals surface area contributed by atoms with Crippen molar-refractivity contribution < 1.29 is 12.9 Å². The van der Waals surface area contributed by atoms with E-state index in [4.69, 9.17) is 4.52 Å². The second-order valence-corrected chi connectivity index (χ2v) is 7.33. The number of rotatable bonds is 3. The Labute approximate surface area is 120 Å². The normalized spacial score (nSPS) is 11.9. The number of benzene rings is 1. The summed E-state index contributed by atoms with van der Waals surface area (Å²) < 4.78 is 32.5. The molecule has 0 aliphatic carbocycles. The Balaban J connectivity index is 2.07. The van der Waals surface area contributed by atoms with Crippen molar-refractivity contribution in [2.75, 3.05) is 4.72 Å². The third-order valence-electron chi connectivity index (χ3n) is 3.00. The molecule has 0 aliphatic heterocycles. The molecule has 20 heavy (non-hydrogen) atoms. The monoisotopic (exact) mass is 308 g/mol. The highest BCUT2D eigenvalue weighted by Gasteiger charge is 2.17. The van der Waals surface area contributed by atoms with Gasteiger partial charge >= 0.3 is 0 Å². The molecule has 0 atom stereocenters. The van der Waals surface area contributed by atoms with Crippen LogP contribution in [0.5, 0.6) is 0 Å². The zero-order chi connectivity index (χ0) is 14.3. The first-order valence-electron chi connectivity index (χ1n) is 5.90. The van der Waals surface area contributed by atoms with Gasteiger partial charge in [-0.2, -0.15) is 0 Å². The number of hydrogen-bond acceptors (Lipinski definition) is 5. The Bertz CT molecular complexity index is 865. The average Bonchev–Trinajstić information content (AvgIpc) is 3.02. The van der Waals surface area contributed by atoms with E-state index in [2.05, 4.69) is 9.88 Å². The largest absolute Gasteiger partial charge is 0.356 e. The van der Waals surface area contributed by atoms with Gasteiger partial charge in [-0.05, 0) is 43.0 Å². The molecule has 0 saturated heterocycles. The zero-order valence-electron chi connectivity index (χ0n) is 10.9. The number of sulfonamides is 1. The first-order chi connectivity index (χ1) is 9.47. The van der Waals surface area contributed by atoms with Crippen LogP contribution >= 0.6 is 11.3 Å². The van der Waals surface area contributed by atoms with Gasteiger partial charge in [-0.15, -0.1) is 11.3 Å². The molecule has 0 bridgehead atoms. The molecule has 7 heteroatoms. The van der Waals surface area contributed by atoms with Crippen LogP contribution in [0.1, 0.15) is 11.3 Å². The van der Waals surface area contributed by atoms with E-state index in [1.165, 1.54) is 11.3 Å². The molecule has 3 aromatic rings. The van der Waals surface area contributed by atoms with Gasteiger partial charge in [-0.1, -0.05) is 11.2 Å². The van der Waals surface area contributed by atoms with Crippen LogP contribution in [-0.4, -0.2) is 13.6 Å². The van der Waals surface area contributed by atoms with Crippen molar-refractivity contribution in [1.29, 1.82) is 0 Å². The van der Waals surface area contributed by atoms with Gasteiger partial charge in [0.05, 0.1) is 11.4 Å². The molecule has 0 aliphatic rings. The molecule has 0 saturated carbocycles. The molecule has 1 aromatic carbocycles. The topological polar surface area (TPSA) is 72.2 Å². The lowest BCUT2D eigenvalue weighted by atomic mass is 10.1. The molecule has 0 fully saturated rings. The Morgan fingerprint density at radius 2 is 2.10 bits per heavy atom. The van der Waals surface area contributed by atoms with E-state index in [-0.39, 0.29) is 0 Å². The number of anilines is 1. The van der Waals surface area contributed by atoms with Crippen LogP contribution in [0.4, 0.5) is 5.69 Å². The van der Waals surface area contributed by atoms with Crippen molar-refractivity contribution in [3.05, 3.63) is 40.9 Å². The average molecular weight is 308 g/mol. The summed E-state index contributed by atoms with van der Waals surface area (Å²) in [6, 6.07) is 6.81. The minimum atomic E-state index is -3.54. The Morgan fingerprint density at radius 1 is 1.30 bits per heavy atom. The summed E-state index contributed by atoms with van der Waals surface area (Å²) in [5, 5.41) is 6.41. The fraction of sp³-hybridized carbons (Fsp3) is 0.154. The molecule has 2 heterocycles. The number of aromatic nitrogens is 1. The molecule has 0 amide bonds.